The smallest absolute Gasteiger partial charge is 0.129 e. The molecule has 0 fully saturated rings. The molecule has 16 heavy (non-hydrogen) atoms. The molecule has 0 aliphatic carbocycles. The lowest BCUT2D eigenvalue weighted by atomic mass is 10.2. The van der Waals surface area contributed by atoms with Gasteiger partial charge in [-0.2, -0.15) is 0 Å². The molecular formula is C12H19ClNOP. The molecule has 1 aromatic rings. The molecule has 0 unspecified atom stereocenters. The van der Waals surface area contributed by atoms with E-state index in [1.54, 1.807) is 0 Å². The normalized spacial score (nSPS) is 10.8. The number of nitrogens with one attached hydrogen (secondary N) is 1. The van der Waals surface area contributed by atoms with Gasteiger partial charge in [0, 0.05) is 29.5 Å². The summed E-state index contributed by atoms with van der Waals surface area (Å²) in [4.78, 5) is 0. The first-order chi connectivity index (χ1) is 7.71. The lowest BCUT2D eigenvalue weighted by Gasteiger charge is -2.18. The van der Waals surface area contributed by atoms with E-state index in [1.165, 1.54) is 5.56 Å². The van der Waals surface area contributed by atoms with Crippen LogP contribution in [0.25, 0.3) is 0 Å². The summed E-state index contributed by atoms with van der Waals surface area (Å²) >= 11 is 5.99. The van der Waals surface area contributed by atoms with Crippen LogP contribution in [-0.2, 0) is 6.54 Å². The molecule has 0 aromatic heterocycles. The average Bonchev–Trinajstić information content (AvgIpc) is 2.29. The standard InChI is InChI=1S/C12H19ClNOP/c1-4-16(5-2)15-12-8-11(13)7-6-10(12)9-14-3/h6-8,14H,4-5,9H2,1-3H3. The Kier molecular flexibility index (Phi) is 6.12. The average molecular weight is 260 g/mol. The fourth-order valence-corrected chi connectivity index (χ4v) is 2.76. The Labute approximate surface area is 104 Å². The van der Waals surface area contributed by atoms with Crippen LogP contribution in [0.2, 0.25) is 5.02 Å². The molecule has 0 bridgehead atoms. The number of halogens is 1. The van der Waals surface area contributed by atoms with Crippen molar-refractivity contribution < 1.29 is 4.52 Å². The predicted octanol–water partition coefficient (Wildman–Crippen LogP) is 3.87. The molecule has 0 atom stereocenters. The Morgan fingerprint density at radius 3 is 2.56 bits per heavy atom. The van der Waals surface area contributed by atoms with Crippen molar-refractivity contribution in [2.75, 3.05) is 19.4 Å². The Morgan fingerprint density at radius 1 is 1.31 bits per heavy atom. The molecule has 0 spiro atoms. The van der Waals surface area contributed by atoms with Gasteiger partial charge in [0.25, 0.3) is 0 Å². The van der Waals surface area contributed by atoms with Gasteiger partial charge in [-0.15, -0.1) is 0 Å². The Bertz CT molecular complexity index is 329. The highest BCUT2D eigenvalue weighted by atomic mass is 35.5. The summed E-state index contributed by atoms with van der Waals surface area (Å²) in [5.41, 5.74) is 1.17. The molecule has 1 N–H and O–H groups in total. The van der Waals surface area contributed by atoms with Gasteiger partial charge in [-0.3, -0.25) is 0 Å². The Balaban J connectivity index is 2.86. The second-order valence-corrected chi connectivity index (χ2v) is 6.34. The summed E-state index contributed by atoms with van der Waals surface area (Å²) < 4.78 is 6.02. The lowest BCUT2D eigenvalue weighted by Crippen LogP contribution is -2.07. The van der Waals surface area contributed by atoms with Crippen molar-refractivity contribution in [2.45, 2.75) is 20.4 Å². The van der Waals surface area contributed by atoms with E-state index in [1.807, 2.05) is 25.2 Å². The van der Waals surface area contributed by atoms with Crippen molar-refractivity contribution in [3.8, 4) is 5.75 Å². The van der Waals surface area contributed by atoms with Crippen LogP contribution in [0, 0.1) is 0 Å². The first kappa shape index (κ1) is 13.8. The Morgan fingerprint density at radius 2 is 2.00 bits per heavy atom. The number of hydrogen-bond donors (Lipinski definition) is 1. The van der Waals surface area contributed by atoms with Crippen LogP contribution >= 0.6 is 19.7 Å². The zero-order valence-electron chi connectivity index (χ0n) is 10.1. The van der Waals surface area contributed by atoms with Crippen LogP contribution in [0.5, 0.6) is 5.75 Å². The van der Waals surface area contributed by atoms with Crippen molar-refractivity contribution in [3.05, 3.63) is 28.8 Å². The first-order valence-corrected chi connectivity index (χ1v) is 7.58. The van der Waals surface area contributed by atoms with Crippen LogP contribution < -0.4 is 9.84 Å². The van der Waals surface area contributed by atoms with E-state index in [-0.39, 0.29) is 8.15 Å². The topological polar surface area (TPSA) is 21.3 Å². The van der Waals surface area contributed by atoms with Gasteiger partial charge >= 0.3 is 0 Å². The van der Waals surface area contributed by atoms with Crippen LogP contribution in [-0.4, -0.2) is 19.4 Å². The molecule has 1 rings (SSSR count). The largest absolute Gasteiger partial charge is 0.474 e. The maximum Gasteiger partial charge on any atom is 0.129 e. The monoisotopic (exact) mass is 259 g/mol. The van der Waals surface area contributed by atoms with Crippen LogP contribution in [0.15, 0.2) is 18.2 Å². The second kappa shape index (κ2) is 7.11. The minimum atomic E-state index is -0.358. The maximum absolute atomic E-state index is 6.02. The molecule has 0 saturated carbocycles. The van der Waals surface area contributed by atoms with E-state index < -0.39 is 0 Å². The van der Waals surface area contributed by atoms with Crippen molar-refractivity contribution in [1.82, 2.24) is 5.32 Å². The molecular weight excluding hydrogens is 241 g/mol. The molecule has 0 amide bonds. The summed E-state index contributed by atoms with van der Waals surface area (Å²) in [5.74, 6) is 0.927. The third-order valence-corrected chi connectivity index (χ3v) is 4.43. The highest BCUT2D eigenvalue weighted by molar-refractivity contribution is 7.52. The molecule has 90 valence electrons. The SMILES string of the molecule is CCP(CC)Oc1cc(Cl)ccc1CNC. The van der Waals surface area contributed by atoms with E-state index in [4.69, 9.17) is 16.1 Å². The van der Waals surface area contributed by atoms with Gasteiger partial charge in [-0.1, -0.05) is 31.5 Å². The third-order valence-electron chi connectivity index (χ3n) is 2.33. The molecule has 0 aliphatic heterocycles. The summed E-state index contributed by atoms with van der Waals surface area (Å²) in [6, 6.07) is 5.84. The lowest BCUT2D eigenvalue weighted by molar-refractivity contribution is 0.598. The summed E-state index contributed by atoms with van der Waals surface area (Å²) in [7, 11) is 1.57. The van der Waals surface area contributed by atoms with E-state index in [2.05, 4.69) is 19.2 Å². The van der Waals surface area contributed by atoms with Gasteiger partial charge in [0.1, 0.15) is 5.75 Å². The maximum atomic E-state index is 6.02. The molecule has 0 radical (unpaired) electrons. The van der Waals surface area contributed by atoms with Crippen molar-refractivity contribution in [2.24, 2.45) is 0 Å². The quantitative estimate of drug-likeness (QED) is 0.783. The van der Waals surface area contributed by atoms with Crippen LogP contribution in [0.4, 0.5) is 0 Å². The highest BCUT2D eigenvalue weighted by Crippen LogP contribution is 2.39. The van der Waals surface area contributed by atoms with Gasteiger partial charge < -0.3 is 9.84 Å². The third kappa shape index (κ3) is 3.93. The van der Waals surface area contributed by atoms with Gasteiger partial charge in [0.05, 0.1) is 8.15 Å². The van der Waals surface area contributed by atoms with E-state index >= 15 is 0 Å². The number of hydrogen-bond acceptors (Lipinski definition) is 2. The van der Waals surface area contributed by atoms with E-state index in [0.717, 1.165) is 29.6 Å². The Hall–Kier alpha value is -0.300. The molecule has 1 aromatic carbocycles. The van der Waals surface area contributed by atoms with Gasteiger partial charge in [0.15, 0.2) is 0 Å². The zero-order chi connectivity index (χ0) is 12.0. The molecule has 4 heteroatoms. The fourth-order valence-electron chi connectivity index (χ4n) is 1.44. The number of benzene rings is 1. The van der Waals surface area contributed by atoms with E-state index in [0.29, 0.717) is 0 Å². The first-order valence-electron chi connectivity index (χ1n) is 5.57. The van der Waals surface area contributed by atoms with Crippen molar-refractivity contribution >= 4 is 19.7 Å². The van der Waals surface area contributed by atoms with Crippen LogP contribution in [0.1, 0.15) is 19.4 Å². The molecule has 0 heterocycles. The molecule has 0 aliphatic rings. The summed E-state index contributed by atoms with van der Waals surface area (Å²) in [6.07, 6.45) is 2.16. The van der Waals surface area contributed by atoms with Crippen LogP contribution in [0.3, 0.4) is 0 Å². The predicted molar refractivity (Wildman–Crippen MR) is 72.8 cm³/mol. The van der Waals surface area contributed by atoms with Gasteiger partial charge in [0.2, 0.25) is 0 Å². The fraction of sp³-hybridized carbons (Fsp3) is 0.500. The summed E-state index contributed by atoms with van der Waals surface area (Å²) in [5, 5.41) is 3.87. The van der Waals surface area contributed by atoms with Crippen molar-refractivity contribution in [3.63, 3.8) is 0 Å². The highest BCUT2D eigenvalue weighted by Gasteiger charge is 2.09. The summed E-state index contributed by atoms with van der Waals surface area (Å²) in [6.45, 7) is 5.14. The van der Waals surface area contributed by atoms with Gasteiger partial charge in [-0.05, 0) is 19.2 Å². The van der Waals surface area contributed by atoms with Crippen molar-refractivity contribution in [1.29, 1.82) is 0 Å². The minimum Gasteiger partial charge on any atom is -0.474 e. The molecule has 0 saturated heterocycles. The van der Waals surface area contributed by atoms with Gasteiger partial charge in [-0.25, -0.2) is 0 Å². The number of rotatable bonds is 6. The molecule has 2 nitrogen and oxygen atoms in total. The van der Waals surface area contributed by atoms with E-state index in [9.17, 15) is 0 Å². The minimum absolute atomic E-state index is 0.358. The second-order valence-electron chi connectivity index (χ2n) is 3.49. The zero-order valence-corrected chi connectivity index (χ0v) is 11.7.